The number of amides is 3. The lowest BCUT2D eigenvalue weighted by molar-refractivity contribution is -0.161. The Morgan fingerprint density at radius 3 is 2.62 bits per heavy atom. The summed E-state index contributed by atoms with van der Waals surface area (Å²) < 4.78 is 12.7. The summed E-state index contributed by atoms with van der Waals surface area (Å²) in [6.07, 6.45) is 5.69. The number of fused-ring (bicyclic) bond motifs is 1. The molecule has 3 fully saturated rings. The number of benzene rings is 1. The molecule has 1 unspecified atom stereocenters. The van der Waals surface area contributed by atoms with Crippen LogP contribution in [0.15, 0.2) is 55.6 Å². The highest BCUT2D eigenvalue weighted by molar-refractivity contribution is 9.09. The molecule has 11 heteroatoms. The number of likely N-dealkylation sites (tertiary alicyclic amines) is 1. The fourth-order valence-electron chi connectivity index (χ4n) is 6.99. The Morgan fingerprint density at radius 2 is 1.98 bits per heavy atom. The Hall–Kier alpha value is -3.02. The van der Waals surface area contributed by atoms with Gasteiger partial charge in [0, 0.05) is 24.3 Å². The highest BCUT2D eigenvalue weighted by atomic mass is 79.9. The summed E-state index contributed by atoms with van der Waals surface area (Å²) in [5, 5.41) is 13.0. The van der Waals surface area contributed by atoms with Crippen LogP contribution in [0.1, 0.15) is 64.0 Å². The van der Waals surface area contributed by atoms with Crippen LogP contribution in [0, 0.1) is 11.8 Å². The molecule has 1 aromatic rings. The van der Waals surface area contributed by atoms with Crippen molar-refractivity contribution in [2.75, 3.05) is 26.2 Å². The van der Waals surface area contributed by atoms with Crippen molar-refractivity contribution in [3.8, 4) is 0 Å². The van der Waals surface area contributed by atoms with E-state index in [2.05, 4.69) is 41.3 Å². The van der Waals surface area contributed by atoms with Gasteiger partial charge in [-0.1, -0.05) is 78.2 Å². The maximum atomic E-state index is 14.3. The molecule has 3 saturated heterocycles. The first-order valence-electron chi connectivity index (χ1n) is 15.9. The third kappa shape index (κ3) is 7.05. The predicted octanol–water partition coefficient (Wildman–Crippen LogP) is 3.69. The number of carbonyl (C=O) groups is 4. The lowest BCUT2D eigenvalue weighted by Gasteiger charge is -2.38. The molecule has 3 amide bonds. The van der Waals surface area contributed by atoms with Gasteiger partial charge in [-0.05, 0) is 31.7 Å². The zero-order chi connectivity index (χ0) is 32.7. The summed E-state index contributed by atoms with van der Waals surface area (Å²) in [6, 6.07) is 7.41. The lowest BCUT2D eigenvalue weighted by Crippen LogP contribution is -2.58. The Balaban J connectivity index is 1.65. The highest BCUT2D eigenvalue weighted by Crippen LogP contribution is 2.60. The summed E-state index contributed by atoms with van der Waals surface area (Å²) >= 11 is 3.69. The highest BCUT2D eigenvalue weighted by Gasteiger charge is 2.77. The number of alkyl halides is 1. The summed E-state index contributed by atoms with van der Waals surface area (Å²) in [4.78, 5) is 58.0. The predicted molar refractivity (Wildman–Crippen MR) is 173 cm³/mol. The van der Waals surface area contributed by atoms with Gasteiger partial charge in [0.05, 0.1) is 37.1 Å². The maximum Gasteiger partial charge on any atom is 0.313 e. The van der Waals surface area contributed by atoms with Crippen LogP contribution in [-0.4, -0.2) is 93.5 Å². The standard InChI is InChI=1S/C34H46BrN3O7/c1-5-8-13-18-37(17-7-3)32(42)30-34-19-24(35)29(45-34)27(28(34)31(41)38(30)22(4)21-39)33(43)44-25(23-14-11-10-12-15-23)20-36-26(40)16-9-6-2/h6-7,10-12,14-15,22,24-25,27-30,39H,2-3,5,8-9,13,16-21H2,1,4H3,(H,36,40)/t22-,24?,25+,27+,28-,29+,30+,34-/m1/s1. The molecule has 1 aromatic carbocycles. The second-order valence-corrected chi connectivity index (χ2v) is 13.4. The van der Waals surface area contributed by atoms with Crippen LogP contribution in [0.2, 0.25) is 0 Å². The summed E-state index contributed by atoms with van der Waals surface area (Å²) in [5.41, 5.74) is -0.580. The average Bonchev–Trinajstić information content (AvgIpc) is 3.64. The number of ether oxygens (including phenoxy) is 2. The molecular formula is C34H46BrN3O7. The van der Waals surface area contributed by atoms with E-state index in [1.807, 2.05) is 30.3 Å². The molecular weight excluding hydrogens is 642 g/mol. The number of rotatable bonds is 17. The number of aliphatic hydroxyl groups excluding tert-OH is 1. The molecule has 0 radical (unpaired) electrons. The van der Waals surface area contributed by atoms with E-state index in [0.29, 0.717) is 31.5 Å². The van der Waals surface area contributed by atoms with Crippen molar-refractivity contribution in [2.45, 2.75) is 87.1 Å². The van der Waals surface area contributed by atoms with Crippen molar-refractivity contribution < 1.29 is 33.8 Å². The maximum absolute atomic E-state index is 14.3. The van der Waals surface area contributed by atoms with Gasteiger partial charge >= 0.3 is 5.97 Å². The van der Waals surface area contributed by atoms with Crippen molar-refractivity contribution in [3.63, 3.8) is 0 Å². The van der Waals surface area contributed by atoms with Gasteiger partial charge in [-0.15, -0.1) is 13.2 Å². The van der Waals surface area contributed by atoms with Crippen molar-refractivity contribution in [1.29, 1.82) is 0 Å². The molecule has 0 aliphatic carbocycles. The van der Waals surface area contributed by atoms with Crippen LogP contribution < -0.4 is 5.32 Å². The number of halogens is 1. The van der Waals surface area contributed by atoms with Crippen LogP contribution in [0.4, 0.5) is 0 Å². The number of nitrogens with one attached hydrogen (secondary N) is 1. The third-order valence-electron chi connectivity index (χ3n) is 9.15. The minimum atomic E-state index is -1.27. The average molecular weight is 689 g/mol. The second-order valence-electron chi connectivity index (χ2n) is 12.2. The van der Waals surface area contributed by atoms with Crippen LogP contribution in [-0.2, 0) is 28.7 Å². The molecule has 10 nitrogen and oxygen atoms in total. The van der Waals surface area contributed by atoms with Crippen LogP contribution in [0.25, 0.3) is 0 Å². The number of nitrogens with zero attached hydrogens (tertiary/aromatic N) is 2. The quantitative estimate of drug-likeness (QED) is 0.111. The molecule has 1 spiro atoms. The van der Waals surface area contributed by atoms with Gasteiger partial charge in [0.25, 0.3) is 0 Å². The molecule has 0 saturated carbocycles. The Labute approximate surface area is 274 Å². The molecule has 246 valence electrons. The number of hydrogen-bond acceptors (Lipinski definition) is 7. The SMILES string of the molecule is C=CCCC(=O)NC[C@H](OC(=O)[C@@H]1[C@H]2O[C@@]3(CC2Br)[C@H](C(=O)N(CC=C)CCCCC)N([C@H](C)CO)C(=O)[C@@H]13)c1ccccc1. The first-order chi connectivity index (χ1) is 21.6. The molecule has 2 N–H and O–H groups in total. The normalized spacial score (nSPS) is 27.9. The van der Waals surface area contributed by atoms with Gasteiger partial charge in [-0.3, -0.25) is 19.2 Å². The van der Waals surface area contributed by atoms with E-state index < -0.39 is 53.6 Å². The topological polar surface area (TPSA) is 125 Å². The molecule has 0 aromatic heterocycles. The third-order valence-corrected chi connectivity index (χ3v) is 10.00. The zero-order valence-corrected chi connectivity index (χ0v) is 27.8. The number of allylic oxidation sites excluding steroid dienone is 1. The fourth-order valence-corrected chi connectivity index (χ4v) is 7.94. The minimum Gasteiger partial charge on any atom is -0.455 e. The number of carbonyl (C=O) groups excluding carboxylic acids is 4. The van der Waals surface area contributed by atoms with Gasteiger partial charge in [0.1, 0.15) is 17.7 Å². The Kier molecular flexibility index (Phi) is 12.0. The van der Waals surface area contributed by atoms with Crippen LogP contribution in [0.5, 0.6) is 0 Å². The van der Waals surface area contributed by atoms with Crippen LogP contribution in [0.3, 0.4) is 0 Å². The summed E-state index contributed by atoms with van der Waals surface area (Å²) in [6.45, 7) is 11.8. The van der Waals surface area contributed by atoms with Crippen molar-refractivity contribution in [2.24, 2.45) is 11.8 Å². The molecule has 3 aliphatic heterocycles. The Bertz CT molecular complexity index is 1250. The van der Waals surface area contributed by atoms with E-state index in [-0.39, 0.29) is 36.2 Å². The van der Waals surface area contributed by atoms with E-state index in [1.165, 1.54) is 4.90 Å². The van der Waals surface area contributed by atoms with E-state index in [4.69, 9.17) is 9.47 Å². The van der Waals surface area contributed by atoms with Gasteiger partial charge in [-0.2, -0.15) is 0 Å². The van der Waals surface area contributed by atoms with E-state index in [9.17, 15) is 24.3 Å². The second kappa shape index (κ2) is 15.5. The van der Waals surface area contributed by atoms with Crippen LogP contribution >= 0.6 is 15.9 Å². The fraction of sp³-hybridized carbons (Fsp3) is 0.588. The molecule has 3 aliphatic rings. The lowest BCUT2D eigenvalue weighted by atomic mass is 9.70. The van der Waals surface area contributed by atoms with Gasteiger partial charge in [0.15, 0.2) is 0 Å². The molecule has 4 rings (SSSR count). The zero-order valence-electron chi connectivity index (χ0n) is 26.2. The van der Waals surface area contributed by atoms with E-state index in [0.717, 1.165) is 19.3 Å². The van der Waals surface area contributed by atoms with Gasteiger partial charge in [0.2, 0.25) is 17.7 Å². The molecule has 3 heterocycles. The monoisotopic (exact) mass is 687 g/mol. The smallest absolute Gasteiger partial charge is 0.313 e. The van der Waals surface area contributed by atoms with Gasteiger partial charge < -0.3 is 29.7 Å². The summed E-state index contributed by atoms with van der Waals surface area (Å²) in [7, 11) is 0. The van der Waals surface area contributed by atoms with Gasteiger partial charge in [-0.25, -0.2) is 0 Å². The van der Waals surface area contributed by atoms with E-state index in [1.54, 1.807) is 24.0 Å². The Morgan fingerprint density at radius 1 is 1.24 bits per heavy atom. The molecule has 8 atom stereocenters. The largest absolute Gasteiger partial charge is 0.455 e. The molecule has 45 heavy (non-hydrogen) atoms. The van der Waals surface area contributed by atoms with E-state index >= 15 is 0 Å². The number of unbranched alkanes of at least 4 members (excludes halogenated alkanes) is 2. The first-order valence-corrected chi connectivity index (χ1v) is 16.8. The minimum absolute atomic E-state index is 0.0501. The number of esters is 1. The molecule has 2 bridgehead atoms. The number of aliphatic hydroxyl groups is 1. The van der Waals surface area contributed by atoms with Crippen molar-refractivity contribution in [3.05, 3.63) is 61.2 Å². The number of hydrogen-bond donors (Lipinski definition) is 2. The van der Waals surface area contributed by atoms with Crippen molar-refractivity contribution >= 4 is 39.6 Å². The first kappa shape index (κ1) is 34.8. The van der Waals surface area contributed by atoms with Crippen molar-refractivity contribution in [1.82, 2.24) is 15.1 Å². The summed E-state index contributed by atoms with van der Waals surface area (Å²) in [5.74, 6) is -3.46.